The van der Waals surface area contributed by atoms with E-state index in [0.717, 1.165) is 50.9 Å². The molecule has 1 aliphatic carbocycles. The lowest BCUT2D eigenvalue weighted by molar-refractivity contribution is 0.0627. The van der Waals surface area contributed by atoms with Gasteiger partial charge < -0.3 is 10.2 Å². The summed E-state index contributed by atoms with van der Waals surface area (Å²) in [6.07, 6.45) is 2.71. The van der Waals surface area contributed by atoms with Crippen molar-refractivity contribution in [1.29, 1.82) is 0 Å². The van der Waals surface area contributed by atoms with Gasteiger partial charge in [-0.25, -0.2) is 0 Å². The van der Waals surface area contributed by atoms with Crippen LogP contribution in [0.15, 0.2) is 18.2 Å². The Morgan fingerprint density at radius 1 is 1.00 bits per heavy atom. The summed E-state index contributed by atoms with van der Waals surface area (Å²) in [6, 6.07) is 6.98. The van der Waals surface area contributed by atoms with Crippen LogP contribution in [0.2, 0.25) is 0 Å². The van der Waals surface area contributed by atoms with Crippen LogP contribution in [0.4, 0.5) is 0 Å². The molecule has 2 heterocycles. The molecule has 2 aliphatic heterocycles. The van der Waals surface area contributed by atoms with Crippen molar-refractivity contribution in [2.24, 2.45) is 0 Å². The molecule has 2 fully saturated rings. The number of hydrogen-bond donors (Lipinski definition) is 1. The number of nitrogens with zero attached hydrogens (tertiary/aromatic N) is 2. The van der Waals surface area contributed by atoms with Gasteiger partial charge in [0, 0.05) is 50.9 Å². The average molecular weight is 344 g/mol. The average Bonchev–Trinajstić information content (AvgIpc) is 3.24. The summed E-state index contributed by atoms with van der Waals surface area (Å²) in [5.41, 5.74) is 3.47. The van der Waals surface area contributed by atoms with E-state index in [4.69, 9.17) is 0 Å². The molecule has 1 N–H and O–H groups in total. The number of hydrogen-bond acceptors (Lipinski definition) is 3. The van der Waals surface area contributed by atoms with Gasteiger partial charge in [-0.3, -0.25) is 9.69 Å². The van der Waals surface area contributed by atoms with Crippen LogP contribution in [-0.2, 0) is 13.1 Å². The van der Waals surface area contributed by atoms with E-state index >= 15 is 0 Å². The van der Waals surface area contributed by atoms with Crippen molar-refractivity contribution in [1.82, 2.24) is 15.1 Å². The highest BCUT2D eigenvalue weighted by atomic mass is 35.5. The first-order valence-electron chi connectivity index (χ1n) is 7.67. The maximum absolute atomic E-state index is 12.6. The first kappa shape index (κ1) is 17.5. The van der Waals surface area contributed by atoms with Gasteiger partial charge in [0.2, 0.25) is 0 Å². The Labute approximate surface area is 144 Å². The van der Waals surface area contributed by atoms with E-state index in [1.807, 2.05) is 11.0 Å². The predicted molar refractivity (Wildman–Crippen MR) is 92.0 cm³/mol. The summed E-state index contributed by atoms with van der Waals surface area (Å²) >= 11 is 0. The lowest BCUT2D eigenvalue weighted by Gasteiger charge is -2.34. The zero-order valence-electron chi connectivity index (χ0n) is 12.6. The summed E-state index contributed by atoms with van der Waals surface area (Å²) in [4.78, 5) is 17.1. The second kappa shape index (κ2) is 7.18. The minimum atomic E-state index is 0. The van der Waals surface area contributed by atoms with E-state index in [-0.39, 0.29) is 30.7 Å². The summed E-state index contributed by atoms with van der Waals surface area (Å²) in [7, 11) is 0. The Kier molecular flexibility index (Phi) is 5.72. The molecule has 6 heteroatoms. The third kappa shape index (κ3) is 3.40. The van der Waals surface area contributed by atoms with Crippen molar-refractivity contribution in [3.8, 4) is 0 Å². The predicted octanol–water partition coefficient (Wildman–Crippen LogP) is 2.05. The van der Waals surface area contributed by atoms with Crippen molar-refractivity contribution in [2.75, 3.05) is 26.2 Å². The van der Waals surface area contributed by atoms with Crippen LogP contribution in [0.5, 0.6) is 0 Å². The van der Waals surface area contributed by atoms with Gasteiger partial charge in [0.15, 0.2) is 0 Å². The molecule has 1 aromatic rings. The minimum absolute atomic E-state index is 0. The Morgan fingerprint density at radius 3 is 2.36 bits per heavy atom. The van der Waals surface area contributed by atoms with Crippen molar-refractivity contribution in [2.45, 2.75) is 32.0 Å². The number of piperazine rings is 1. The SMILES string of the molecule is Cl.Cl.O=C(c1ccc2c(c1)CNC2)N1CCN(C2CC2)CC1. The molecule has 22 heavy (non-hydrogen) atoms. The highest BCUT2D eigenvalue weighted by Gasteiger charge is 2.32. The molecule has 4 rings (SSSR count). The maximum atomic E-state index is 12.6. The van der Waals surface area contributed by atoms with Crippen LogP contribution in [0, 0.1) is 0 Å². The number of carbonyl (C=O) groups is 1. The fourth-order valence-electron chi connectivity index (χ4n) is 3.34. The molecule has 0 atom stereocenters. The molecule has 4 nitrogen and oxygen atoms in total. The number of rotatable bonds is 2. The minimum Gasteiger partial charge on any atom is -0.336 e. The van der Waals surface area contributed by atoms with Crippen LogP contribution in [0.1, 0.15) is 34.3 Å². The molecule has 0 radical (unpaired) electrons. The van der Waals surface area contributed by atoms with Crippen LogP contribution in [-0.4, -0.2) is 47.9 Å². The number of halogens is 2. The molecule has 1 saturated carbocycles. The Hall–Kier alpha value is -0.810. The second-order valence-electron chi connectivity index (χ2n) is 6.15. The van der Waals surface area contributed by atoms with Gasteiger partial charge in [0.1, 0.15) is 0 Å². The molecule has 122 valence electrons. The monoisotopic (exact) mass is 343 g/mol. The number of benzene rings is 1. The first-order chi connectivity index (χ1) is 9.81. The molecule has 0 bridgehead atoms. The van der Waals surface area contributed by atoms with Gasteiger partial charge in [-0.15, -0.1) is 24.8 Å². The summed E-state index contributed by atoms with van der Waals surface area (Å²) in [5.74, 6) is 0.204. The van der Waals surface area contributed by atoms with Crippen LogP contribution < -0.4 is 5.32 Å². The second-order valence-corrected chi connectivity index (χ2v) is 6.15. The van der Waals surface area contributed by atoms with E-state index < -0.39 is 0 Å². The molecule has 1 amide bonds. The number of fused-ring (bicyclic) bond motifs is 1. The Balaban J connectivity index is 0.000000882. The van der Waals surface area contributed by atoms with Gasteiger partial charge in [0.25, 0.3) is 5.91 Å². The van der Waals surface area contributed by atoms with Crippen LogP contribution in [0.3, 0.4) is 0 Å². The maximum Gasteiger partial charge on any atom is 0.253 e. The summed E-state index contributed by atoms with van der Waals surface area (Å²) in [5, 5.41) is 3.33. The lowest BCUT2D eigenvalue weighted by atomic mass is 10.1. The normalized spacial score (nSPS) is 20.8. The highest BCUT2D eigenvalue weighted by Crippen LogP contribution is 2.27. The van der Waals surface area contributed by atoms with E-state index in [1.165, 1.54) is 24.0 Å². The first-order valence-corrected chi connectivity index (χ1v) is 7.67. The zero-order chi connectivity index (χ0) is 13.5. The highest BCUT2D eigenvalue weighted by molar-refractivity contribution is 5.94. The van der Waals surface area contributed by atoms with E-state index in [9.17, 15) is 4.79 Å². The molecule has 1 aromatic carbocycles. The molecule has 1 saturated heterocycles. The smallest absolute Gasteiger partial charge is 0.253 e. The van der Waals surface area contributed by atoms with E-state index in [1.54, 1.807) is 0 Å². The van der Waals surface area contributed by atoms with Crippen LogP contribution in [0.25, 0.3) is 0 Å². The summed E-state index contributed by atoms with van der Waals surface area (Å²) in [6.45, 7) is 5.68. The summed E-state index contributed by atoms with van der Waals surface area (Å²) < 4.78 is 0. The van der Waals surface area contributed by atoms with Gasteiger partial charge in [-0.1, -0.05) is 6.07 Å². The van der Waals surface area contributed by atoms with Gasteiger partial charge in [-0.05, 0) is 36.1 Å². The molecule has 0 unspecified atom stereocenters. The molecule has 0 aromatic heterocycles. The molecule has 3 aliphatic rings. The number of nitrogens with one attached hydrogen (secondary N) is 1. The zero-order valence-corrected chi connectivity index (χ0v) is 14.2. The largest absolute Gasteiger partial charge is 0.336 e. The standard InChI is InChI=1S/C16H21N3O.2ClH/c20-16(12-1-2-13-10-17-11-14(13)9-12)19-7-5-18(6-8-19)15-3-4-15;;/h1-2,9,15,17H,3-8,10-11H2;2*1H. The van der Waals surface area contributed by atoms with Gasteiger partial charge in [-0.2, -0.15) is 0 Å². The fourth-order valence-corrected chi connectivity index (χ4v) is 3.34. The molecular weight excluding hydrogens is 321 g/mol. The number of amides is 1. The Morgan fingerprint density at radius 2 is 1.68 bits per heavy atom. The van der Waals surface area contributed by atoms with Crippen molar-refractivity contribution >= 4 is 30.7 Å². The molecule has 0 spiro atoms. The van der Waals surface area contributed by atoms with Crippen LogP contribution >= 0.6 is 24.8 Å². The fraction of sp³-hybridized carbons (Fsp3) is 0.562. The molecular formula is C16H23Cl2N3O. The third-order valence-electron chi connectivity index (χ3n) is 4.75. The quantitative estimate of drug-likeness (QED) is 0.892. The topological polar surface area (TPSA) is 35.6 Å². The van der Waals surface area contributed by atoms with E-state index in [2.05, 4.69) is 22.3 Å². The number of carbonyl (C=O) groups excluding carboxylic acids is 1. The van der Waals surface area contributed by atoms with Crippen molar-refractivity contribution in [3.05, 3.63) is 34.9 Å². The Bertz CT molecular complexity index is 540. The van der Waals surface area contributed by atoms with Gasteiger partial charge >= 0.3 is 0 Å². The van der Waals surface area contributed by atoms with Gasteiger partial charge in [0.05, 0.1) is 0 Å². The lowest BCUT2D eigenvalue weighted by Crippen LogP contribution is -2.49. The third-order valence-corrected chi connectivity index (χ3v) is 4.75. The van der Waals surface area contributed by atoms with Crippen molar-refractivity contribution < 1.29 is 4.79 Å². The van der Waals surface area contributed by atoms with Crippen molar-refractivity contribution in [3.63, 3.8) is 0 Å². The van der Waals surface area contributed by atoms with E-state index in [0.29, 0.717) is 0 Å².